The van der Waals surface area contributed by atoms with Crippen LogP contribution in [0, 0.1) is 41.4 Å². The van der Waals surface area contributed by atoms with Crippen LogP contribution in [0.1, 0.15) is 64.7 Å². The summed E-state index contributed by atoms with van der Waals surface area (Å²) in [6, 6.07) is 0. The molecule has 0 spiro atoms. The van der Waals surface area contributed by atoms with Crippen LogP contribution in [0.2, 0.25) is 0 Å². The Bertz CT molecular complexity index is 546. The van der Waals surface area contributed by atoms with E-state index in [0.29, 0.717) is 11.5 Å². The van der Waals surface area contributed by atoms with E-state index >= 15 is 0 Å². The highest BCUT2D eigenvalue weighted by atomic mass is 16.4. The number of aliphatic carboxylic acids is 1. The first-order chi connectivity index (χ1) is 11.7. The maximum Gasteiger partial charge on any atom is 0.331 e. The molecule has 0 aromatic rings. The molecule has 2 saturated carbocycles. The highest BCUT2D eigenvalue weighted by molar-refractivity contribution is 5.88. The average molecular weight is 328 g/mol. The molecule has 4 aliphatic rings. The topological polar surface area (TPSA) is 37.3 Å². The fourth-order valence-corrected chi connectivity index (χ4v) is 6.65. The zero-order valence-electron chi connectivity index (χ0n) is 15.0. The Morgan fingerprint density at radius 2 is 1.92 bits per heavy atom. The van der Waals surface area contributed by atoms with Gasteiger partial charge in [0.05, 0.1) is 0 Å². The van der Waals surface area contributed by atoms with E-state index in [0.717, 1.165) is 36.0 Å². The molecule has 4 aliphatic carbocycles. The number of hydrogen-bond donors (Lipinski definition) is 1. The molecule has 24 heavy (non-hydrogen) atoms. The van der Waals surface area contributed by atoms with Gasteiger partial charge in [-0.15, -0.1) is 0 Å². The molecule has 0 aromatic heterocycles. The largest absolute Gasteiger partial charge is 0.478 e. The van der Waals surface area contributed by atoms with Crippen molar-refractivity contribution in [1.82, 2.24) is 0 Å². The van der Waals surface area contributed by atoms with E-state index in [9.17, 15) is 9.90 Å². The maximum atomic E-state index is 11.5. The van der Waals surface area contributed by atoms with E-state index in [-0.39, 0.29) is 5.92 Å². The van der Waals surface area contributed by atoms with Crippen LogP contribution in [0.3, 0.4) is 0 Å². The minimum atomic E-state index is -0.687. The molecule has 2 nitrogen and oxygen atoms in total. The molecule has 0 bridgehead atoms. The van der Waals surface area contributed by atoms with Crippen LogP contribution < -0.4 is 0 Å². The van der Waals surface area contributed by atoms with Crippen LogP contribution in [0.5, 0.6) is 0 Å². The summed E-state index contributed by atoms with van der Waals surface area (Å²) in [6.45, 7) is 2.28. The van der Waals surface area contributed by atoms with E-state index in [1.54, 1.807) is 0 Å². The van der Waals surface area contributed by atoms with Gasteiger partial charge in [-0.05, 0) is 54.8 Å². The van der Waals surface area contributed by atoms with Crippen LogP contribution >= 0.6 is 0 Å². The third-order valence-corrected chi connectivity index (χ3v) is 7.64. The first-order valence-electron chi connectivity index (χ1n) is 10.3. The first kappa shape index (κ1) is 16.4. The molecule has 2 fully saturated rings. The van der Waals surface area contributed by atoms with Gasteiger partial charge in [-0.2, -0.15) is 0 Å². The predicted molar refractivity (Wildman–Crippen MR) is 96.5 cm³/mol. The van der Waals surface area contributed by atoms with Crippen molar-refractivity contribution in [2.24, 2.45) is 41.4 Å². The SMILES string of the molecule is CCCCCCCCC1C2C=CC3C(C(=O)O)=CCC4CC1C2C43. The van der Waals surface area contributed by atoms with Gasteiger partial charge in [0.25, 0.3) is 0 Å². The Balaban J connectivity index is 1.37. The number of rotatable bonds is 8. The fraction of sp³-hybridized carbons (Fsp3) is 0.773. The van der Waals surface area contributed by atoms with Crippen molar-refractivity contribution < 1.29 is 9.90 Å². The quantitative estimate of drug-likeness (QED) is 0.475. The van der Waals surface area contributed by atoms with E-state index < -0.39 is 5.97 Å². The summed E-state index contributed by atoms with van der Waals surface area (Å²) in [5.41, 5.74) is 0.686. The van der Waals surface area contributed by atoms with Gasteiger partial charge in [-0.25, -0.2) is 4.79 Å². The summed E-state index contributed by atoms with van der Waals surface area (Å²) < 4.78 is 0. The molecule has 0 aromatic carbocycles. The molecule has 0 aliphatic heterocycles. The van der Waals surface area contributed by atoms with Gasteiger partial charge in [0, 0.05) is 11.5 Å². The molecule has 7 atom stereocenters. The van der Waals surface area contributed by atoms with Crippen LogP contribution in [-0.2, 0) is 4.79 Å². The van der Waals surface area contributed by atoms with E-state index in [4.69, 9.17) is 0 Å². The van der Waals surface area contributed by atoms with Crippen molar-refractivity contribution in [3.63, 3.8) is 0 Å². The molecule has 0 saturated heterocycles. The van der Waals surface area contributed by atoms with Gasteiger partial charge in [-0.1, -0.05) is 63.7 Å². The molecule has 2 heteroatoms. The summed E-state index contributed by atoms with van der Waals surface area (Å²) in [5.74, 6) is 4.29. The monoisotopic (exact) mass is 328 g/mol. The Morgan fingerprint density at radius 3 is 2.71 bits per heavy atom. The van der Waals surface area contributed by atoms with E-state index in [2.05, 4.69) is 19.1 Å². The minimum absolute atomic E-state index is 0.211. The number of unbranched alkanes of at least 4 members (excludes halogenated alkanes) is 5. The Labute approximate surface area is 146 Å². The van der Waals surface area contributed by atoms with E-state index in [1.165, 1.54) is 51.4 Å². The molecular weight excluding hydrogens is 296 g/mol. The lowest BCUT2D eigenvalue weighted by Crippen LogP contribution is -2.49. The van der Waals surface area contributed by atoms with Crippen LogP contribution in [-0.4, -0.2) is 11.1 Å². The molecule has 7 unspecified atom stereocenters. The van der Waals surface area contributed by atoms with Gasteiger partial charge >= 0.3 is 5.97 Å². The molecule has 132 valence electrons. The Morgan fingerprint density at radius 1 is 1.12 bits per heavy atom. The lowest BCUT2D eigenvalue weighted by Gasteiger charge is -2.54. The number of carbonyl (C=O) groups is 1. The molecular formula is C22H32O2. The van der Waals surface area contributed by atoms with Crippen LogP contribution in [0.15, 0.2) is 23.8 Å². The van der Waals surface area contributed by atoms with Crippen molar-refractivity contribution in [3.8, 4) is 0 Å². The van der Waals surface area contributed by atoms with Gasteiger partial charge < -0.3 is 5.11 Å². The lowest BCUT2D eigenvalue weighted by atomic mass is 9.50. The number of allylic oxidation sites excluding steroid dienone is 3. The second kappa shape index (κ2) is 6.69. The number of carboxylic acids is 1. The number of carboxylic acid groups (broad SMARTS) is 1. The van der Waals surface area contributed by atoms with Crippen molar-refractivity contribution in [2.75, 3.05) is 0 Å². The van der Waals surface area contributed by atoms with Gasteiger partial charge in [-0.3, -0.25) is 0 Å². The van der Waals surface area contributed by atoms with Gasteiger partial charge in [0.2, 0.25) is 0 Å². The Kier molecular flexibility index (Phi) is 4.58. The second-order valence-electron chi connectivity index (χ2n) is 8.72. The summed E-state index contributed by atoms with van der Waals surface area (Å²) >= 11 is 0. The zero-order valence-corrected chi connectivity index (χ0v) is 15.0. The van der Waals surface area contributed by atoms with Crippen LogP contribution in [0.25, 0.3) is 0 Å². The highest BCUT2D eigenvalue weighted by Crippen LogP contribution is 2.67. The minimum Gasteiger partial charge on any atom is -0.478 e. The van der Waals surface area contributed by atoms with Gasteiger partial charge in [0.1, 0.15) is 0 Å². The van der Waals surface area contributed by atoms with E-state index in [1.807, 2.05) is 6.08 Å². The zero-order chi connectivity index (χ0) is 16.7. The normalized spacial score (nSPS) is 41.5. The molecule has 0 amide bonds. The number of hydrogen-bond acceptors (Lipinski definition) is 1. The summed E-state index contributed by atoms with van der Waals surface area (Å²) in [7, 11) is 0. The van der Waals surface area contributed by atoms with Crippen molar-refractivity contribution in [1.29, 1.82) is 0 Å². The van der Waals surface area contributed by atoms with Crippen molar-refractivity contribution in [2.45, 2.75) is 64.7 Å². The molecule has 0 radical (unpaired) electrons. The standard InChI is InChI=1S/C22H32O2/c1-2-3-4-5-6-7-8-15-16-11-12-17-18(22(23)24)10-9-14-13-19(15)21(16)20(14)17/h10-12,14-17,19-21H,2-9,13H2,1H3,(H,23,24). The molecule has 4 rings (SSSR count). The summed E-state index contributed by atoms with van der Waals surface area (Å²) in [4.78, 5) is 11.5. The fourth-order valence-electron chi connectivity index (χ4n) is 6.65. The molecule has 0 heterocycles. The highest BCUT2D eigenvalue weighted by Gasteiger charge is 2.62. The summed E-state index contributed by atoms with van der Waals surface area (Å²) in [5, 5.41) is 9.50. The average Bonchev–Trinajstić information content (AvgIpc) is 2.91. The predicted octanol–water partition coefficient (Wildman–Crippen LogP) is 5.45. The third-order valence-electron chi connectivity index (χ3n) is 7.64. The second-order valence-corrected chi connectivity index (χ2v) is 8.72. The maximum absolute atomic E-state index is 11.5. The first-order valence-corrected chi connectivity index (χ1v) is 10.3. The lowest BCUT2D eigenvalue weighted by molar-refractivity contribution is -0.133. The van der Waals surface area contributed by atoms with Gasteiger partial charge in [0.15, 0.2) is 0 Å². The van der Waals surface area contributed by atoms with Crippen molar-refractivity contribution >= 4 is 5.97 Å². The Hall–Kier alpha value is -1.05. The smallest absolute Gasteiger partial charge is 0.331 e. The molecule has 1 N–H and O–H groups in total. The summed E-state index contributed by atoms with van der Waals surface area (Å²) in [6.07, 6.45) is 18.9. The van der Waals surface area contributed by atoms with Crippen molar-refractivity contribution in [3.05, 3.63) is 23.8 Å². The third kappa shape index (κ3) is 2.57. The van der Waals surface area contributed by atoms with Crippen LogP contribution in [0.4, 0.5) is 0 Å².